The minimum absolute atomic E-state index is 0.358. The van der Waals surface area contributed by atoms with Gasteiger partial charge in [-0.25, -0.2) is 0 Å². The van der Waals surface area contributed by atoms with E-state index in [1.165, 1.54) is 55.6 Å². The van der Waals surface area contributed by atoms with Crippen LogP contribution in [0.15, 0.2) is 59.8 Å². The Kier molecular flexibility index (Phi) is 4.01. The fourth-order valence-electron chi connectivity index (χ4n) is 1.91. The molecule has 0 unspecified atom stereocenters. The van der Waals surface area contributed by atoms with Gasteiger partial charge in [0.05, 0.1) is 14.1 Å². The van der Waals surface area contributed by atoms with Crippen LogP contribution in [-0.2, 0) is 14.1 Å². The molecule has 10 heteroatoms. The Morgan fingerprint density at radius 1 is 0.833 bits per heavy atom. The summed E-state index contributed by atoms with van der Waals surface area (Å²) in [5.74, 6) is -0.879. The van der Waals surface area contributed by atoms with Gasteiger partial charge in [0.1, 0.15) is 0 Å². The van der Waals surface area contributed by atoms with Crippen molar-refractivity contribution in [2.75, 3.05) is 0 Å². The summed E-state index contributed by atoms with van der Waals surface area (Å²) in [4.78, 5) is 0. The van der Waals surface area contributed by atoms with Crippen LogP contribution in [-0.4, -0.2) is 31.4 Å². The molecule has 3 rings (SSSR count). The second-order valence-electron chi connectivity index (χ2n) is 4.99. The van der Waals surface area contributed by atoms with Crippen LogP contribution in [0.1, 0.15) is 11.1 Å². The first kappa shape index (κ1) is 15.3. The van der Waals surface area contributed by atoms with Gasteiger partial charge in [0.25, 0.3) is 12.7 Å². The zero-order valence-electron chi connectivity index (χ0n) is 13.0. The Labute approximate surface area is 136 Å². The first-order valence-electron chi connectivity index (χ1n) is 6.94. The molecule has 0 radical (unpaired) electrons. The number of aromatic nitrogens is 6. The normalized spacial score (nSPS) is 12.6. The lowest BCUT2D eigenvalue weighted by Crippen LogP contribution is -2.33. The smallest absolute Gasteiger partial charge is 0.288 e. The van der Waals surface area contributed by atoms with Crippen LogP contribution >= 0.6 is 0 Å². The number of hydrogen-bond donors (Lipinski definition) is 0. The molecule has 0 aliphatic heterocycles. The molecule has 0 aliphatic carbocycles. The van der Waals surface area contributed by atoms with Crippen molar-refractivity contribution in [1.82, 2.24) is 19.6 Å². The number of aryl methyl sites for hydroxylation is 2. The maximum absolute atomic E-state index is 12.1. The van der Waals surface area contributed by atoms with E-state index in [0.717, 1.165) is 0 Å². The molecular formula is C14H14N8O2. The van der Waals surface area contributed by atoms with Gasteiger partial charge in [-0.2, -0.15) is 0 Å². The number of hydrogen-bond acceptors (Lipinski definition) is 6. The Hall–Kier alpha value is -3.56. The molecule has 0 spiro atoms. The van der Waals surface area contributed by atoms with Crippen molar-refractivity contribution in [2.24, 2.45) is 24.3 Å². The summed E-state index contributed by atoms with van der Waals surface area (Å²) in [6.45, 7) is 0. The van der Waals surface area contributed by atoms with Gasteiger partial charge in [0.2, 0.25) is 12.7 Å². The Balaban J connectivity index is 1.80. The van der Waals surface area contributed by atoms with Gasteiger partial charge in [0, 0.05) is 22.0 Å². The Morgan fingerprint density at radius 2 is 1.21 bits per heavy atom. The van der Waals surface area contributed by atoms with Crippen molar-refractivity contribution in [3.63, 3.8) is 0 Å². The van der Waals surface area contributed by atoms with Crippen molar-refractivity contribution in [3.05, 3.63) is 60.7 Å². The molecule has 1 aromatic carbocycles. The lowest BCUT2D eigenvalue weighted by Gasteiger charge is -2.12. The zero-order valence-corrected chi connectivity index (χ0v) is 13.0. The monoisotopic (exact) mass is 326 g/mol. The summed E-state index contributed by atoms with van der Waals surface area (Å²) in [5, 5.41) is 39.7. The lowest BCUT2D eigenvalue weighted by atomic mass is 10.1. The quantitative estimate of drug-likeness (QED) is 0.286. The summed E-state index contributed by atoms with van der Waals surface area (Å²) in [6, 6.07) is 6.11. The standard InChI is InChI=1S/C14H14N8O2/c1-19-9-21(7-15-19)17-13(23)11-3-5-12(6-4-11)14(24)18-22-8-16-20(2)10-22/h3-10H,1-2H3. The van der Waals surface area contributed by atoms with Crippen molar-refractivity contribution in [2.45, 2.75) is 0 Å². The molecule has 0 bridgehead atoms. The second kappa shape index (κ2) is 6.28. The van der Waals surface area contributed by atoms with Crippen molar-refractivity contribution >= 4 is 11.8 Å². The molecule has 2 aromatic heterocycles. The topological polar surface area (TPSA) is 114 Å². The van der Waals surface area contributed by atoms with Crippen LogP contribution in [0.2, 0.25) is 0 Å². The van der Waals surface area contributed by atoms with Gasteiger partial charge >= 0.3 is 0 Å². The van der Waals surface area contributed by atoms with Gasteiger partial charge in [0.15, 0.2) is 0 Å². The van der Waals surface area contributed by atoms with Crippen LogP contribution in [0.3, 0.4) is 0 Å². The highest BCUT2D eigenvalue weighted by molar-refractivity contribution is 5.93. The highest BCUT2D eigenvalue weighted by Gasteiger charge is 2.02. The third-order valence-corrected chi connectivity index (χ3v) is 3.07. The van der Waals surface area contributed by atoms with Crippen molar-refractivity contribution in [1.29, 1.82) is 0 Å². The molecule has 10 nitrogen and oxygen atoms in total. The molecule has 0 saturated heterocycles. The van der Waals surface area contributed by atoms with E-state index in [1.807, 2.05) is 0 Å². The van der Waals surface area contributed by atoms with Gasteiger partial charge in [-0.1, -0.05) is 24.3 Å². The fourth-order valence-corrected chi connectivity index (χ4v) is 1.91. The summed E-state index contributed by atoms with van der Waals surface area (Å²) in [7, 11) is 3.45. The molecule has 122 valence electrons. The van der Waals surface area contributed by atoms with Crippen molar-refractivity contribution < 1.29 is 19.6 Å². The molecule has 0 fully saturated rings. The zero-order chi connectivity index (χ0) is 17.1. The van der Waals surface area contributed by atoms with E-state index in [0.29, 0.717) is 11.1 Å². The SMILES string of the molecule is Cn1c[n+](/N=C(\[O-])c2ccc(/C([O-])=N/[n+]3cnn(C)c3)cc2)cn1. The van der Waals surface area contributed by atoms with E-state index in [-0.39, 0.29) is 0 Å². The molecule has 0 N–H and O–H groups in total. The highest BCUT2D eigenvalue weighted by Crippen LogP contribution is 2.03. The summed E-state index contributed by atoms with van der Waals surface area (Å²) in [5.41, 5.74) is 0.717. The fraction of sp³-hybridized carbons (Fsp3) is 0.143. The van der Waals surface area contributed by atoms with Crippen LogP contribution in [0, 0.1) is 0 Å². The second-order valence-corrected chi connectivity index (χ2v) is 4.99. The van der Waals surface area contributed by atoms with Gasteiger partial charge in [-0.05, 0) is 11.1 Å². The summed E-state index contributed by atoms with van der Waals surface area (Å²) in [6.07, 6.45) is 5.94. The largest absolute Gasteiger partial charge is 0.856 e. The first-order chi connectivity index (χ1) is 11.5. The molecule has 24 heavy (non-hydrogen) atoms. The van der Waals surface area contributed by atoms with Crippen molar-refractivity contribution in [3.8, 4) is 0 Å². The van der Waals surface area contributed by atoms with E-state index in [9.17, 15) is 10.2 Å². The summed E-state index contributed by atoms with van der Waals surface area (Å²) >= 11 is 0. The van der Waals surface area contributed by atoms with Crippen LogP contribution in [0.5, 0.6) is 0 Å². The molecule has 0 aliphatic rings. The van der Waals surface area contributed by atoms with E-state index in [1.54, 1.807) is 26.7 Å². The number of benzene rings is 1. The molecular weight excluding hydrogens is 312 g/mol. The average Bonchev–Trinajstić information content (AvgIpc) is 3.15. The molecule has 0 amide bonds. The first-order valence-corrected chi connectivity index (χ1v) is 6.94. The number of rotatable bonds is 4. The third kappa shape index (κ3) is 3.43. The summed E-state index contributed by atoms with van der Waals surface area (Å²) < 4.78 is 5.68. The maximum Gasteiger partial charge on any atom is 0.288 e. The van der Waals surface area contributed by atoms with E-state index in [2.05, 4.69) is 20.4 Å². The highest BCUT2D eigenvalue weighted by atomic mass is 16.3. The van der Waals surface area contributed by atoms with Crippen LogP contribution in [0.25, 0.3) is 0 Å². The van der Waals surface area contributed by atoms with Gasteiger partial charge in [-0.3, -0.25) is 0 Å². The molecule has 2 heterocycles. The number of nitrogens with zero attached hydrogens (tertiary/aromatic N) is 8. The van der Waals surface area contributed by atoms with Gasteiger partial charge < -0.3 is 10.2 Å². The maximum atomic E-state index is 12.1. The minimum Gasteiger partial charge on any atom is -0.856 e. The third-order valence-electron chi connectivity index (χ3n) is 3.07. The molecule has 3 aromatic rings. The minimum atomic E-state index is -0.439. The van der Waals surface area contributed by atoms with Crippen LogP contribution in [0.4, 0.5) is 0 Å². The predicted molar refractivity (Wildman–Crippen MR) is 77.1 cm³/mol. The van der Waals surface area contributed by atoms with E-state index >= 15 is 0 Å². The molecule has 0 saturated carbocycles. The average molecular weight is 326 g/mol. The molecule has 0 atom stereocenters. The lowest BCUT2D eigenvalue weighted by molar-refractivity contribution is -0.682. The van der Waals surface area contributed by atoms with Crippen LogP contribution < -0.4 is 19.6 Å². The van der Waals surface area contributed by atoms with Gasteiger partial charge in [-0.15, -0.1) is 28.9 Å². The Morgan fingerprint density at radius 3 is 1.50 bits per heavy atom. The van der Waals surface area contributed by atoms with E-state index in [4.69, 9.17) is 0 Å². The Bertz CT molecular complexity index is 832. The predicted octanol–water partition coefficient (Wildman–Crippen LogP) is -3.13. The van der Waals surface area contributed by atoms with E-state index < -0.39 is 11.8 Å².